The zero-order chi connectivity index (χ0) is 13.9. The molecule has 0 unspecified atom stereocenters. The molecule has 0 atom stereocenters. The van der Waals surface area contributed by atoms with Crippen LogP contribution in [0.5, 0.6) is 0 Å². The van der Waals surface area contributed by atoms with E-state index in [-0.39, 0.29) is 11.2 Å². The van der Waals surface area contributed by atoms with Crippen LogP contribution in [0.2, 0.25) is 5.28 Å². The van der Waals surface area contributed by atoms with E-state index in [0.29, 0.717) is 24.4 Å². The summed E-state index contributed by atoms with van der Waals surface area (Å²) in [5.74, 6) is 0.779. The number of rotatable bonds is 4. The number of aromatic nitrogens is 4. The Kier molecular flexibility index (Phi) is 3.68. The number of carbonyl (C=O) groups excluding carboxylic acids is 1. The molecule has 0 spiro atoms. The Hall–Kier alpha value is -1.89. The Balaban J connectivity index is 1.62. The monoisotopic (exact) mass is 294 g/mol. The van der Waals surface area contributed by atoms with Gasteiger partial charge >= 0.3 is 0 Å². The summed E-state index contributed by atoms with van der Waals surface area (Å²) in [6, 6.07) is 0. The van der Waals surface area contributed by atoms with Crippen LogP contribution < -0.4 is 5.32 Å². The van der Waals surface area contributed by atoms with E-state index in [1.165, 1.54) is 0 Å². The molecule has 8 heteroatoms. The van der Waals surface area contributed by atoms with Gasteiger partial charge in [-0.15, -0.1) is 0 Å². The summed E-state index contributed by atoms with van der Waals surface area (Å²) in [4.78, 5) is 22.0. The Morgan fingerprint density at radius 1 is 1.40 bits per heavy atom. The predicted octanol–water partition coefficient (Wildman–Crippen LogP) is 1.43. The number of likely N-dealkylation sites (tertiary alicyclic amines) is 1. The van der Waals surface area contributed by atoms with E-state index in [9.17, 15) is 4.79 Å². The minimum Gasteiger partial charge on any atom is -0.369 e. The number of halogens is 1. The number of nitrogens with one attached hydrogen (secondary N) is 2. The lowest BCUT2D eigenvalue weighted by Gasteiger charge is -2.15. The summed E-state index contributed by atoms with van der Waals surface area (Å²) in [7, 11) is 0. The van der Waals surface area contributed by atoms with Crippen LogP contribution >= 0.6 is 11.6 Å². The van der Waals surface area contributed by atoms with Gasteiger partial charge in [0.05, 0.1) is 11.6 Å². The fourth-order valence-corrected chi connectivity index (χ4v) is 2.52. The number of fused-ring (bicyclic) bond motifs is 1. The van der Waals surface area contributed by atoms with E-state index in [0.717, 1.165) is 31.3 Å². The highest BCUT2D eigenvalue weighted by Gasteiger charge is 2.17. The largest absolute Gasteiger partial charge is 0.369 e. The summed E-state index contributed by atoms with van der Waals surface area (Å²) in [5.41, 5.74) is 0.582. The predicted molar refractivity (Wildman–Crippen MR) is 75.6 cm³/mol. The number of H-pyrrole nitrogens is 1. The molecule has 20 heavy (non-hydrogen) atoms. The van der Waals surface area contributed by atoms with Crippen LogP contribution in [-0.4, -0.2) is 50.6 Å². The van der Waals surface area contributed by atoms with E-state index in [1.54, 1.807) is 6.20 Å². The Bertz CT molecular complexity index is 621. The Labute approximate surface area is 120 Å². The topological polar surface area (TPSA) is 86.8 Å². The number of hydrogen-bond donors (Lipinski definition) is 2. The molecule has 0 aromatic carbocycles. The first-order valence-electron chi connectivity index (χ1n) is 6.62. The molecule has 1 aliphatic rings. The standard InChI is InChI=1S/C12H15ClN6O/c13-12-16-10(8-7-15-18-11(8)17-12)14-4-3-9(20)19-5-1-2-6-19/h7H,1-6H2,(H2,14,15,16,17,18). The van der Waals surface area contributed by atoms with Crippen LogP contribution in [0.25, 0.3) is 11.0 Å². The fourth-order valence-electron chi connectivity index (χ4n) is 2.35. The molecule has 2 N–H and O–H groups in total. The molecule has 1 aliphatic heterocycles. The number of carbonyl (C=O) groups is 1. The maximum absolute atomic E-state index is 11.9. The maximum atomic E-state index is 11.9. The third-order valence-electron chi connectivity index (χ3n) is 3.37. The van der Waals surface area contributed by atoms with Crippen molar-refractivity contribution in [3.8, 4) is 0 Å². The highest BCUT2D eigenvalue weighted by Crippen LogP contribution is 2.19. The lowest BCUT2D eigenvalue weighted by Crippen LogP contribution is -2.29. The highest BCUT2D eigenvalue weighted by atomic mass is 35.5. The van der Waals surface area contributed by atoms with Crippen LogP contribution in [0.4, 0.5) is 5.82 Å². The van der Waals surface area contributed by atoms with Crippen LogP contribution in [0.3, 0.4) is 0 Å². The molecule has 0 saturated carbocycles. The first-order chi connectivity index (χ1) is 9.74. The molecular formula is C12H15ClN6O. The van der Waals surface area contributed by atoms with Gasteiger partial charge in [-0.25, -0.2) is 0 Å². The minimum atomic E-state index is 0.148. The third-order valence-corrected chi connectivity index (χ3v) is 3.54. The molecule has 7 nitrogen and oxygen atoms in total. The molecule has 3 heterocycles. The Morgan fingerprint density at radius 2 is 2.20 bits per heavy atom. The first kappa shape index (κ1) is 13.1. The van der Waals surface area contributed by atoms with Crippen molar-refractivity contribution in [2.45, 2.75) is 19.3 Å². The van der Waals surface area contributed by atoms with E-state index in [2.05, 4.69) is 25.5 Å². The van der Waals surface area contributed by atoms with Crippen molar-refractivity contribution < 1.29 is 4.79 Å². The second kappa shape index (κ2) is 5.62. The molecule has 2 aromatic heterocycles. The van der Waals surface area contributed by atoms with Crippen molar-refractivity contribution in [2.24, 2.45) is 0 Å². The van der Waals surface area contributed by atoms with Gasteiger partial charge in [-0.1, -0.05) is 0 Å². The van der Waals surface area contributed by atoms with Crippen molar-refractivity contribution in [2.75, 3.05) is 25.0 Å². The molecule has 0 bridgehead atoms. The summed E-state index contributed by atoms with van der Waals surface area (Å²) in [6.45, 7) is 2.28. The molecule has 0 aliphatic carbocycles. The maximum Gasteiger partial charge on any atom is 0.226 e. The number of aromatic amines is 1. The molecule has 2 aromatic rings. The number of anilines is 1. The zero-order valence-electron chi connectivity index (χ0n) is 10.9. The Morgan fingerprint density at radius 3 is 3.00 bits per heavy atom. The van der Waals surface area contributed by atoms with Gasteiger partial charge in [-0.05, 0) is 24.4 Å². The van der Waals surface area contributed by atoms with E-state index < -0.39 is 0 Å². The number of hydrogen-bond acceptors (Lipinski definition) is 5. The van der Waals surface area contributed by atoms with Gasteiger partial charge in [0, 0.05) is 26.1 Å². The summed E-state index contributed by atoms with van der Waals surface area (Å²) >= 11 is 5.84. The van der Waals surface area contributed by atoms with Crippen molar-refractivity contribution in [3.05, 3.63) is 11.5 Å². The van der Waals surface area contributed by atoms with Crippen molar-refractivity contribution in [1.29, 1.82) is 0 Å². The molecule has 3 rings (SSSR count). The van der Waals surface area contributed by atoms with Gasteiger partial charge in [-0.3, -0.25) is 9.89 Å². The first-order valence-corrected chi connectivity index (χ1v) is 7.00. The molecular weight excluding hydrogens is 280 g/mol. The van der Waals surface area contributed by atoms with Crippen molar-refractivity contribution >= 4 is 34.4 Å². The summed E-state index contributed by atoms with van der Waals surface area (Å²) in [6.07, 6.45) is 4.30. The SMILES string of the molecule is O=C(CCNc1nc(Cl)nc2[nH]ncc12)N1CCCC1. The fraction of sp³-hybridized carbons (Fsp3) is 0.500. The lowest BCUT2D eigenvalue weighted by molar-refractivity contribution is -0.129. The molecule has 1 saturated heterocycles. The van der Waals surface area contributed by atoms with Crippen LogP contribution in [-0.2, 0) is 4.79 Å². The summed E-state index contributed by atoms with van der Waals surface area (Å²) < 4.78 is 0. The van der Waals surface area contributed by atoms with Crippen molar-refractivity contribution in [1.82, 2.24) is 25.1 Å². The second-order valence-electron chi connectivity index (χ2n) is 4.74. The smallest absolute Gasteiger partial charge is 0.226 e. The molecule has 0 radical (unpaired) electrons. The lowest BCUT2D eigenvalue weighted by atomic mass is 10.3. The van der Waals surface area contributed by atoms with Crippen molar-refractivity contribution in [3.63, 3.8) is 0 Å². The minimum absolute atomic E-state index is 0.148. The van der Waals surface area contributed by atoms with Crippen LogP contribution in [0.15, 0.2) is 6.20 Å². The highest BCUT2D eigenvalue weighted by molar-refractivity contribution is 6.28. The van der Waals surface area contributed by atoms with Crippen LogP contribution in [0.1, 0.15) is 19.3 Å². The van der Waals surface area contributed by atoms with Crippen LogP contribution in [0, 0.1) is 0 Å². The number of amides is 1. The normalized spacial score (nSPS) is 14.9. The average molecular weight is 295 g/mol. The second-order valence-corrected chi connectivity index (χ2v) is 5.08. The van der Waals surface area contributed by atoms with E-state index in [1.807, 2.05) is 4.90 Å². The third kappa shape index (κ3) is 2.67. The number of nitrogens with zero attached hydrogens (tertiary/aromatic N) is 4. The molecule has 1 fully saturated rings. The van der Waals surface area contributed by atoms with Gasteiger partial charge in [0.25, 0.3) is 0 Å². The van der Waals surface area contributed by atoms with Gasteiger partial charge in [0.15, 0.2) is 5.65 Å². The zero-order valence-corrected chi connectivity index (χ0v) is 11.7. The quantitative estimate of drug-likeness (QED) is 0.833. The van der Waals surface area contributed by atoms with Gasteiger partial charge in [0.2, 0.25) is 11.2 Å². The molecule has 1 amide bonds. The van der Waals surface area contributed by atoms with Gasteiger partial charge < -0.3 is 10.2 Å². The molecule has 106 valence electrons. The average Bonchev–Trinajstić information content (AvgIpc) is 3.09. The summed E-state index contributed by atoms with van der Waals surface area (Å²) in [5, 5.41) is 10.7. The van der Waals surface area contributed by atoms with Gasteiger partial charge in [-0.2, -0.15) is 15.1 Å². The van der Waals surface area contributed by atoms with E-state index >= 15 is 0 Å². The van der Waals surface area contributed by atoms with E-state index in [4.69, 9.17) is 11.6 Å². The van der Waals surface area contributed by atoms with Gasteiger partial charge in [0.1, 0.15) is 5.82 Å².